The van der Waals surface area contributed by atoms with Gasteiger partial charge in [0.25, 0.3) is 0 Å². The van der Waals surface area contributed by atoms with Crippen molar-refractivity contribution in [3.05, 3.63) is 0 Å². The van der Waals surface area contributed by atoms with Crippen molar-refractivity contribution in [3.63, 3.8) is 0 Å². The van der Waals surface area contributed by atoms with Gasteiger partial charge in [-0.1, -0.05) is 13.8 Å². The van der Waals surface area contributed by atoms with E-state index in [1.54, 1.807) is 13.8 Å². The van der Waals surface area contributed by atoms with E-state index >= 15 is 0 Å². The van der Waals surface area contributed by atoms with E-state index in [1.807, 2.05) is 13.0 Å². The fraction of sp³-hybridized carbons (Fsp3) is 0.800. The first-order valence-corrected chi connectivity index (χ1v) is 4.87. The van der Waals surface area contributed by atoms with E-state index in [-0.39, 0.29) is 18.6 Å². The molecule has 1 amide bonds. The van der Waals surface area contributed by atoms with Crippen LogP contribution in [0.1, 0.15) is 33.6 Å². The molecule has 4 nitrogen and oxygen atoms in total. The first kappa shape index (κ1) is 12.9. The molecule has 4 heteroatoms. The Labute approximate surface area is 84.9 Å². The molecule has 0 aliphatic heterocycles. The largest absolute Gasteiger partial charge is 0.394 e. The molecule has 0 saturated heterocycles. The van der Waals surface area contributed by atoms with Gasteiger partial charge in [0.2, 0.25) is 5.91 Å². The summed E-state index contributed by atoms with van der Waals surface area (Å²) in [6.45, 7) is 5.18. The van der Waals surface area contributed by atoms with Crippen LogP contribution >= 0.6 is 0 Å². The summed E-state index contributed by atoms with van der Waals surface area (Å²) in [4.78, 5) is 11.6. The van der Waals surface area contributed by atoms with Crippen LogP contribution in [0.15, 0.2) is 0 Å². The highest BCUT2D eigenvalue weighted by Crippen LogP contribution is 2.19. The van der Waals surface area contributed by atoms with Crippen LogP contribution in [0.5, 0.6) is 0 Å². The van der Waals surface area contributed by atoms with Crippen LogP contribution in [0.4, 0.5) is 0 Å². The predicted molar refractivity (Wildman–Crippen MR) is 53.3 cm³/mol. The molecule has 2 atom stereocenters. The van der Waals surface area contributed by atoms with Crippen LogP contribution in [0.25, 0.3) is 0 Å². The molecule has 80 valence electrons. The third-order valence-corrected chi connectivity index (χ3v) is 2.50. The van der Waals surface area contributed by atoms with Crippen LogP contribution in [0.2, 0.25) is 0 Å². The molecule has 0 heterocycles. The van der Waals surface area contributed by atoms with E-state index in [0.29, 0.717) is 12.8 Å². The molecule has 1 unspecified atom stereocenters. The molecule has 0 aliphatic carbocycles. The smallest absolute Gasteiger partial charge is 0.240 e. The van der Waals surface area contributed by atoms with Crippen LogP contribution in [0.3, 0.4) is 0 Å². The Bertz CT molecular complexity index is 231. The van der Waals surface area contributed by atoms with Crippen LogP contribution in [-0.4, -0.2) is 23.7 Å². The summed E-state index contributed by atoms with van der Waals surface area (Å²) in [5.41, 5.74) is -0.984. The first-order chi connectivity index (χ1) is 6.53. The maximum atomic E-state index is 11.6. The van der Waals surface area contributed by atoms with Gasteiger partial charge < -0.3 is 10.4 Å². The van der Waals surface area contributed by atoms with Crippen molar-refractivity contribution in [1.29, 1.82) is 5.26 Å². The molecule has 0 aliphatic rings. The summed E-state index contributed by atoms with van der Waals surface area (Å²) >= 11 is 0. The molecule has 2 N–H and O–H groups in total. The van der Waals surface area contributed by atoms with E-state index in [4.69, 9.17) is 10.4 Å². The Morgan fingerprint density at radius 1 is 1.64 bits per heavy atom. The average molecular weight is 198 g/mol. The molecular formula is C10H18N2O2. The minimum Gasteiger partial charge on any atom is -0.394 e. The number of carbonyl (C=O) groups excluding carboxylic acids is 1. The van der Waals surface area contributed by atoms with Crippen molar-refractivity contribution in [2.45, 2.75) is 39.7 Å². The SMILES string of the molecule is CC[C@H](CO)NC(=O)C(C)(C#N)CC. The number of hydrogen-bond acceptors (Lipinski definition) is 3. The Morgan fingerprint density at radius 2 is 2.21 bits per heavy atom. The summed E-state index contributed by atoms with van der Waals surface area (Å²) in [5, 5.41) is 20.4. The Kier molecular flexibility index (Phi) is 5.18. The van der Waals surface area contributed by atoms with Crippen molar-refractivity contribution in [2.75, 3.05) is 6.61 Å². The first-order valence-electron chi connectivity index (χ1n) is 4.87. The van der Waals surface area contributed by atoms with E-state index in [2.05, 4.69) is 5.32 Å². The summed E-state index contributed by atoms with van der Waals surface area (Å²) in [5.74, 6) is -0.302. The molecule has 0 rings (SSSR count). The Balaban J connectivity index is 4.40. The van der Waals surface area contributed by atoms with Crippen molar-refractivity contribution in [3.8, 4) is 6.07 Å². The van der Waals surface area contributed by atoms with E-state index in [0.717, 1.165) is 0 Å². The standard InChI is InChI=1S/C10H18N2O2/c1-4-8(6-13)12-9(14)10(3,5-2)7-11/h8,13H,4-6H2,1-3H3,(H,12,14)/t8-,10?/m1/s1. The summed E-state index contributed by atoms with van der Waals surface area (Å²) in [6, 6.07) is 1.74. The molecule has 0 radical (unpaired) electrons. The zero-order valence-electron chi connectivity index (χ0n) is 9.00. The lowest BCUT2D eigenvalue weighted by molar-refractivity contribution is -0.128. The van der Waals surface area contributed by atoms with Crippen LogP contribution in [-0.2, 0) is 4.79 Å². The molecule has 0 aromatic carbocycles. The van der Waals surface area contributed by atoms with Gasteiger partial charge in [-0.3, -0.25) is 4.79 Å². The molecule has 0 saturated carbocycles. The van der Waals surface area contributed by atoms with Crippen molar-refractivity contribution >= 4 is 5.91 Å². The van der Waals surface area contributed by atoms with Gasteiger partial charge >= 0.3 is 0 Å². The lowest BCUT2D eigenvalue weighted by Gasteiger charge is -2.22. The number of amides is 1. The summed E-state index contributed by atoms with van der Waals surface area (Å²) < 4.78 is 0. The second-order valence-electron chi connectivity index (χ2n) is 3.56. The monoisotopic (exact) mass is 198 g/mol. The number of aliphatic hydroxyl groups excluding tert-OH is 1. The molecule has 14 heavy (non-hydrogen) atoms. The van der Waals surface area contributed by atoms with Gasteiger partial charge in [0, 0.05) is 0 Å². The van der Waals surface area contributed by atoms with Crippen LogP contribution < -0.4 is 5.32 Å². The van der Waals surface area contributed by atoms with E-state index in [9.17, 15) is 4.79 Å². The molecule has 0 bridgehead atoms. The number of nitrogens with zero attached hydrogens (tertiary/aromatic N) is 1. The third-order valence-electron chi connectivity index (χ3n) is 2.50. The second-order valence-corrected chi connectivity index (χ2v) is 3.56. The van der Waals surface area contributed by atoms with Crippen molar-refractivity contribution in [1.82, 2.24) is 5.32 Å². The number of hydrogen-bond donors (Lipinski definition) is 2. The average Bonchev–Trinajstić information content (AvgIpc) is 2.24. The van der Waals surface area contributed by atoms with Gasteiger partial charge in [-0.05, 0) is 19.8 Å². The molecule has 0 fully saturated rings. The molecule has 0 aromatic rings. The predicted octanol–water partition coefficient (Wildman–Crippen LogP) is 0.813. The quantitative estimate of drug-likeness (QED) is 0.686. The summed E-state index contributed by atoms with van der Waals surface area (Å²) in [6.07, 6.45) is 1.13. The van der Waals surface area contributed by atoms with E-state index in [1.165, 1.54) is 0 Å². The fourth-order valence-electron chi connectivity index (χ4n) is 0.912. The van der Waals surface area contributed by atoms with Gasteiger partial charge in [0.05, 0.1) is 18.7 Å². The van der Waals surface area contributed by atoms with Gasteiger partial charge in [0.15, 0.2) is 0 Å². The molecule has 0 aromatic heterocycles. The molecular weight excluding hydrogens is 180 g/mol. The topological polar surface area (TPSA) is 73.1 Å². The number of rotatable bonds is 5. The van der Waals surface area contributed by atoms with Crippen molar-refractivity contribution < 1.29 is 9.90 Å². The fourth-order valence-corrected chi connectivity index (χ4v) is 0.912. The maximum Gasteiger partial charge on any atom is 0.240 e. The van der Waals surface area contributed by atoms with Gasteiger partial charge in [0.1, 0.15) is 5.41 Å². The number of aliphatic hydroxyl groups is 1. The number of nitriles is 1. The zero-order valence-corrected chi connectivity index (χ0v) is 9.00. The van der Waals surface area contributed by atoms with Gasteiger partial charge in [-0.15, -0.1) is 0 Å². The van der Waals surface area contributed by atoms with Crippen LogP contribution in [0, 0.1) is 16.7 Å². The minimum absolute atomic E-state index is 0.0898. The number of nitrogens with one attached hydrogen (secondary N) is 1. The molecule has 0 spiro atoms. The highest BCUT2D eigenvalue weighted by molar-refractivity contribution is 5.85. The van der Waals surface area contributed by atoms with Crippen molar-refractivity contribution in [2.24, 2.45) is 5.41 Å². The highest BCUT2D eigenvalue weighted by Gasteiger charge is 2.32. The highest BCUT2D eigenvalue weighted by atomic mass is 16.3. The minimum atomic E-state index is -0.984. The number of carbonyl (C=O) groups is 1. The summed E-state index contributed by atoms with van der Waals surface area (Å²) in [7, 11) is 0. The third kappa shape index (κ3) is 3.00. The normalized spacial score (nSPS) is 16.5. The van der Waals surface area contributed by atoms with E-state index < -0.39 is 5.41 Å². The van der Waals surface area contributed by atoms with Gasteiger partial charge in [-0.2, -0.15) is 5.26 Å². The Hall–Kier alpha value is -1.08. The lowest BCUT2D eigenvalue weighted by atomic mass is 9.88. The maximum absolute atomic E-state index is 11.6. The Morgan fingerprint density at radius 3 is 2.50 bits per heavy atom. The second kappa shape index (κ2) is 5.61. The van der Waals surface area contributed by atoms with Gasteiger partial charge in [-0.25, -0.2) is 0 Å². The lowest BCUT2D eigenvalue weighted by Crippen LogP contribution is -2.44. The zero-order chi connectivity index (χ0) is 11.2.